The number of nitrogens with two attached hydrogens (primary N) is 1. The molecular weight excluding hydrogens is 254 g/mol. The van der Waals surface area contributed by atoms with Crippen LogP contribution in [-0.4, -0.2) is 46.7 Å². The summed E-state index contributed by atoms with van der Waals surface area (Å²) < 4.78 is 0. The largest absolute Gasteiger partial charge is 0.368 e. The molecule has 0 radical (unpaired) electrons. The predicted molar refractivity (Wildman–Crippen MR) is 76.3 cm³/mol. The third-order valence-corrected chi connectivity index (χ3v) is 4.68. The zero-order valence-electron chi connectivity index (χ0n) is 11.7. The van der Waals surface area contributed by atoms with Crippen molar-refractivity contribution in [1.82, 2.24) is 15.1 Å². The number of carbonyl (C=O) groups excluding carboxylic acids is 1. The molecule has 6 nitrogen and oxygen atoms in total. The van der Waals surface area contributed by atoms with Crippen LogP contribution in [0.2, 0.25) is 0 Å². The number of fused-ring (bicyclic) bond motifs is 2. The van der Waals surface area contributed by atoms with Gasteiger partial charge in [0.25, 0.3) is 5.91 Å². The molecule has 2 saturated heterocycles. The number of piperidine rings is 1. The number of hydrogen-bond acceptors (Lipinski definition) is 5. The van der Waals surface area contributed by atoms with Crippen molar-refractivity contribution in [3.8, 4) is 0 Å². The number of rotatable bonds is 4. The average Bonchev–Trinajstić information content (AvgIpc) is 2.66. The van der Waals surface area contributed by atoms with Gasteiger partial charge in [0, 0.05) is 18.6 Å². The Morgan fingerprint density at radius 3 is 2.60 bits per heavy atom. The zero-order chi connectivity index (χ0) is 14.1. The lowest BCUT2D eigenvalue weighted by Crippen LogP contribution is -2.41. The van der Waals surface area contributed by atoms with E-state index in [1.165, 1.54) is 25.7 Å². The Balaban J connectivity index is 1.54. The second-order valence-electron chi connectivity index (χ2n) is 5.94. The fourth-order valence-electron chi connectivity index (χ4n) is 3.50. The second-order valence-corrected chi connectivity index (χ2v) is 5.94. The zero-order valence-corrected chi connectivity index (χ0v) is 11.7. The van der Waals surface area contributed by atoms with Crippen molar-refractivity contribution in [2.24, 2.45) is 11.7 Å². The molecule has 1 aromatic rings. The first-order valence-corrected chi connectivity index (χ1v) is 7.23. The lowest BCUT2D eigenvalue weighted by molar-refractivity contribution is 0.0994. The van der Waals surface area contributed by atoms with Crippen LogP contribution in [0.15, 0.2) is 12.1 Å². The van der Waals surface area contributed by atoms with Crippen LogP contribution in [0.25, 0.3) is 0 Å². The van der Waals surface area contributed by atoms with Gasteiger partial charge in [0.2, 0.25) is 0 Å². The van der Waals surface area contributed by atoms with Crippen molar-refractivity contribution in [3.63, 3.8) is 0 Å². The Kier molecular flexibility index (Phi) is 3.56. The maximum absolute atomic E-state index is 10.9. The third kappa shape index (κ3) is 2.60. The van der Waals surface area contributed by atoms with E-state index < -0.39 is 5.91 Å². The van der Waals surface area contributed by atoms with Crippen molar-refractivity contribution >= 4 is 11.7 Å². The summed E-state index contributed by atoms with van der Waals surface area (Å²) in [6, 6.07) is 4.87. The summed E-state index contributed by atoms with van der Waals surface area (Å²) in [6.07, 6.45) is 5.19. The minimum Gasteiger partial charge on any atom is -0.368 e. The van der Waals surface area contributed by atoms with Crippen LogP contribution in [0.3, 0.4) is 0 Å². The monoisotopic (exact) mass is 275 g/mol. The molecule has 0 aromatic carbocycles. The maximum atomic E-state index is 10.9. The van der Waals surface area contributed by atoms with Crippen LogP contribution in [0, 0.1) is 5.92 Å². The highest BCUT2D eigenvalue weighted by atomic mass is 16.1. The van der Waals surface area contributed by atoms with Gasteiger partial charge < -0.3 is 16.0 Å². The van der Waals surface area contributed by atoms with Gasteiger partial charge in [-0.1, -0.05) is 0 Å². The molecule has 2 bridgehead atoms. The fraction of sp³-hybridized carbons (Fsp3) is 0.643. The molecule has 20 heavy (non-hydrogen) atoms. The Morgan fingerprint density at radius 1 is 1.35 bits per heavy atom. The number of nitrogens with one attached hydrogen (secondary N) is 1. The molecule has 0 spiro atoms. The molecule has 0 aliphatic carbocycles. The van der Waals surface area contributed by atoms with Crippen molar-refractivity contribution < 1.29 is 4.79 Å². The summed E-state index contributed by atoms with van der Waals surface area (Å²) in [5.74, 6) is 0.860. The van der Waals surface area contributed by atoms with Gasteiger partial charge in [-0.05, 0) is 50.8 Å². The number of carbonyl (C=O) groups is 1. The van der Waals surface area contributed by atoms with E-state index in [0.717, 1.165) is 18.6 Å². The Morgan fingerprint density at radius 2 is 2.05 bits per heavy atom. The Bertz CT molecular complexity index is 475. The van der Waals surface area contributed by atoms with Gasteiger partial charge in [0.15, 0.2) is 5.69 Å². The van der Waals surface area contributed by atoms with E-state index >= 15 is 0 Å². The first-order chi connectivity index (χ1) is 9.63. The highest BCUT2D eigenvalue weighted by Crippen LogP contribution is 2.37. The molecule has 108 valence electrons. The highest BCUT2D eigenvalue weighted by molar-refractivity contribution is 5.90. The van der Waals surface area contributed by atoms with E-state index in [9.17, 15) is 4.79 Å². The van der Waals surface area contributed by atoms with Crippen LogP contribution < -0.4 is 11.1 Å². The number of aromatic nitrogens is 2. The SMILES string of the molecule is CN1C2CCC1CC(CNc1ccc(C(N)=O)nn1)C2. The van der Waals surface area contributed by atoms with E-state index in [1.807, 2.05) is 0 Å². The number of hydrogen-bond donors (Lipinski definition) is 2. The van der Waals surface area contributed by atoms with Crippen LogP contribution >= 0.6 is 0 Å². The summed E-state index contributed by atoms with van der Waals surface area (Å²) >= 11 is 0. The minimum absolute atomic E-state index is 0.202. The molecule has 2 aliphatic rings. The number of anilines is 1. The summed E-state index contributed by atoms with van der Waals surface area (Å²) in [6.45, 7) is 0.922. The molecule has 6 heteroatoms. The van der Waals surface area contributed by atoms with Crippen LogP contribution in [0.1, 0.15) is 36.2 Å². The Labute approximate surface area is 118 Å². The first kappa shape index (κ1) is 13.3. The molecule has 3 N–H and O–H groups in total. The minimum atomic E-state index is -0.545. The lowest BCUT2D eigenvalue weighted by atomic mass is 9.91. The molecule has 2 aliphatic heterocycles. The van der Waals surface area contributed by atoms with E-state index in [-0.39, 0.29) is 5.69 Å². The van der Waals surface area contributed by atoms with Gasteiger partial charge in [-0.15, -0.1) is 10.2 Å². The van der Waals surface area contributed by atoms with E-state index in [4.69, 9.17) is 5.73 Å². The van der Waals surface area contributed by atoms with Gasteiger partial charge in [0.05, 0.1) is 0 Å². The van der Waals surface area contributed by atoms with Gasteiger partial charge in [-0.3, -0.25) is 4.79 Å². The number of amides is 1. The molecule has 1 amide bonds. The summed E-state index contributed by atoms with van der Waals surface area (Å²) in [5, 5.41) is 11.1. The van der Waals surface area contributed by atoms with Crippen molar-refractivity contribution in [2.45, 2.75) is 37.8 Å². The summed E-state index contributed by atoms with van der Waals surface area (Å²) in [4.78, 5) is 13.5. The number of primary amides is 1. The molecule has 3 heterocycles. The lowest BCUT2D eigenvalue weighted by Gasteiger charge is -2.36. The van der Waals surface area contributed by atoms with Crippen molar-refractivity contribution in [1.29, 1.82) is 0 Å². The maximum Gasteiger partial charge on any atom is 0.269 e. The third-order valence-electron chi connectivity index (χ3n) is 4.68. The van der Waals surface area contributed by atoms with Gasteiger partial charge in [-0.2, -0.15) is 0 Å². The quantitative estimate of drug-likeness (QED) is 0.851. The highest BCUT2D eigenvalue weighted by Gasteiger charge is 2.38. The average molecular weight is 275 g/mol. The van der Waals surface area contributed by atoms with Crippen LogP contribution in [-0.2, 0) is 0 Å². The molecule has 0 saturated carbocycles. The van der Waals surface area contributed by atoms with Gasteiger partial charge in [0.1, 0.15) is 5.82 Å². The fourth-order valence-corrected chi connectivity index (χ4v) is 3.50. The van der Waals surface area contributed by atoms with Crippen LogP contribution in [0.4, 0.5) is 5.82 Å². The van der Waals surface area contributed by atoms with E-state index in [0.29, 0.717) is 11.7 Å². The topological polar surface area (TPSA) is 84.1 Å². The van der Waals surface area contributed by atoms with E-state index in [2.05, 4.69) is 27.5 Å². The molecule has 2 fully saturated rings. The summed E-state index contributed by atoms with van der Waals surface area (Å²) in [7, 11) is 2.25. The van der Waals surface area contributed by atoms with Crippen molar-refractivity contribution in [3.05, 3.63) is 17.8 Å². The predicted octanol–water partition coefficient (Wildman–Crippen LogP) is 0.860. The molecular formula is C14H21N5O. The first-order valence-electron chi connectivity index (χ1n) is 7.23. The Hall–Kier alpha value is -1.69. The van der Waals surface area contributed by atoms with Gasteiger partial charge >= 0.3 is 0 Å². The molecule has 2 atom stereocenters. The normalized spacial score (nSPS) is 29.4. The van der Waals surface area contributed by atoms with Gasteiger partial charge in [-0.25, -0.2) is 0 Å². The number of nitrogens with zero attached hydrogens (tertiary/aromatic N) is 3. The van der Waals surface area contributed by atoms with E-state index in [1.54, 1.807) is 12.1 Å². The van der Waals surface area contributed by atoms with Crippen molar-refractivity contribution in [2.75, 3.05) is 18.9 Å². The molecule has 2 unspecified atom stereocenters. The standard InChI is InChI=1S/C14H21N5O/c1-19-10-2-3-11(19)7-9(6-10)8-16-13-5-4-12(14(15)20)17-18-13/h4-5,9-11H,2-3,6-8H2,1H3,(H2,15,20)(H,16,18). The summed E-state index contributed by atoms with van der Waals surface area (Å²) in [5.41, 5.74) is 5.34. The molecule has 1 aromatic heterocycles. The second kappa shape index (κ2) is 5.36. The smallest absolute Gasteiger partial charge is 0.269 e. The molecule has 3 rings (SSSR count). The van der Waals surface area contributed by atoms with Crippen LogP contribution in [0.5, 0.6) is 0 Å².